The van der Waals surface area contributed by atoms with E-state index in [1.165, 1.54) is 0 Å². The summed E-state index contributed by atoms with van der Waals surface area (Å²) in [6.45, 7) is 1.17. The van der Waals surface area contributed by atoms with Crippen molar-refractivity contribution >= 4 is 12.0 Å². The van der Waals surface area contributed by atoms with Gasteiger partial charge >= 0.3 is 12.0 Å². The molecule has 94 valence electrons. The fourth-order valence-corrected chi connectivity index (χ4v) is 0.927. The molecular weight excluding hydrogens is 216 g/mol. The van der Waals surface area contributed by atoms with Gasteiger partial charge in [0.2, 0.25) is 0 Å². The lowest BCUT2D eigenvalue weighted by molar-refractivity contribution is -0.146. The van der Waals surface area contributed by atoms with E-state index in [1.807, 2.05) is 0 Å². The van der Waals surface area contributed by atoms with Crippen LogP contribution in [0.4, 0.5) is 4.79 Å². The van der Waals surface area contributed by atoms with Gasteiger partial charge in [0, 0.05) is 33.2 Å². The lowest BCUT2D eigenvalue weighted by Crippen LogP contribution is -2.38. The standard InChI is InChI=1S/C9H18N2O5/c1-16-6-2-4-10-9(15)11-5-3-7(12)8(13)14/h7,12H,2-6H2,1H3,(H,13,14)(H2,10,11,15). The van der Waals surface area contributed by atoms with Crippen molar-refractivity contribution in [2.24, 2.45) is 0 Å². The zero-order chi connectivity index (χ0) is 12.4. The van der Waals surface area contributed by atoms with E-state index in [2.05, 4.69) is 10.6 Å². The molecule has 0 aliphatic heterocycles. The molecule has 0 heterocycles. The summed E-state index contributed by atoms with van der Waals surface area (Å²) in [4.78, 5) is 21.3. The smallest absolute Gasteiger partial charge is 0.332 e. The first-order valence-corrected chi connectivity index (χ1v) is 4.99. The Morgan fingerprint density at radius 2 is 1.94 bits per heavy atom. The Labute approximate surface area is 93.8 Å². The summed E-state index contributed by atoms with van der Waals surface area (Å²) in [5.41, 5.74) is 0. The van der Waals surface area contributed by atoms with Gasteiger partial charge in [0.05, 0.1) is 0 Å². The minimum atomic E-state index is -1.44. The molecule has 0 aromatic heterocycles. The van der Waals surface area contributed by atoms with E-state index >= 15 is 0 Å². The van der Waals surface area contributed by atoms with E-state index in [9.17, 15) is 9.59 Å². The molecule has 0 radical (unpaired) electrons. The first-order chi connectivity index (χ1) is 7.57. The van der Waals surface area contributed by atoms with Gasteiger partial charge in [-0.15, -0.1) is 0 Å². The van der Waals surface area contributed by atoms with Crippen molar-refractivity contribution in [2.75, 3.05) is 26.8 Å². The number of aliphatic carboxylic acids is 1. The lowest BCUT2D eigenvalue weighted by atomic mass is 10.2. The fourth-order valence-electron chi connectivity index (χ4n) is 0.927. The van der Waals surface area contributed by atoms with E-state index < -0.39 is 12.1 Å². The maximum Gasteiger partial charge on any atom is 0.332 e. The highest BCUT2D eigenvalue weighted by atomic mass is 16.5. The molecule has 7 nitrogen and oxygen atoms in total. The highest BCUT2D eigenvalue weighted by Gasteiger charge is 2.12. The van der Waals surface area contributed by atoms with Crippen LogP contribution in [0.3, 0.4) is 0 Å². The predicted octanol–water partition coefficient (Wildman–Crippen LogP) is -0.842. The monoisotopic (exact) mass is 234 g/mol. The number of nitrogens with one attached hydrogen (secondary N) is 2. The molecule has 0 rings (SSSR count). The minimum absolute atomic E-state index is 0.0131. The van der Waals surface area contributed by atoms with Crippen LogP contribution in [0.15, 0.2) is 0 Å². The van der Waals surface area contributed by atoms with Crippen LogP contribution in [-0.2, 0) is 9.53 Å². The molecule has 0 aliphatic rings. The van der Waals surface area contributed by atoms with Crippen LogP contribution in [-0.4, -0.2) is 55.1 Å². The third-order valence-electron chi connectivity index (χ3n) is 1.80. The Morgan fingerprint density at radius 1 is 1.31 bits per heavy atom. The Kier molecular flexibility index (Phi) is 8.18. The number of carbonyl (C=O) groups is 2. The number of hydrogen-bond acceptors (Lipinski definition) is 4. The minimum Gasteiger partial charge on any atom is -0.479 e. The fraction of sp³-hybridized carbons (Fsp3) is 0.778. The summed E-state index contributed by atoms with van der Waals surface area (Å²) in [5, 5.41) is 22.2. The first kappa shape index (κ1) is 14.7. The van der Waals surface area contributed by atoms with Crippen molar-refractivity contribution in [3.8, 4) is 0 Å². The molecule has 0 bridgehead atoms. The predicted molar refractivity (Wildman–Crippen MR) is 56.2 cm³/mol. The lowest BCUT2D eigenvalue weighted by Gasteiger charge is -2.08. The molecule has 0 aliphatic carbocycles. The molecule has 0 aromatic rings. The number of rotatable bonds is 8. The van der Waals surface area contributed by atoms with Gasteiger partial charge in [0.15, 0.2) is 6.10 Å². The number of urea groups is 1. The van der Waals surface area contributed by atoms with Crippen LogP contribution < -0.4 is 10.6 Å². The molecule has 0 spiro atoms. The maximum absolute atomic E-state index is 11.1. The molecule has 0 saturated heterocycles. The van der Waals surface area contributed by atoms with Gasteiger partial charge in [0.25, 0.3) is 0 Å². The van der Waals surface area contributed by atoms with E-state index in [0.717, 1.165) is 0 Å². The molecule has 16 heavy (non-hydrogen) atoms. The largest absolute Gasteiger partial charge is 0.479 e. The second-order valence-electron chi connectivity index (χ2n) is 3.17. The van der Waals surface area contributed by atoms with E-state index in [4.69, 9.17) is 14.9 Å². The second kappa shape index (κ2) is 8.93. The Bertz CT molecular complexity index is 222. The van der Waals surface area contributed by atoms with E-state index in [-0.39, 0.29) is 19.0 Å². The first-order valence-electron chi connectivity index (χ1n) is 4.99. The van der Waals surface area contributed by atoms with Gasteiger partial charge in [-0.2, -0.15) is 0 Å². The topological polar surface area (TPSA) is 108 Å². The van der Waals surface area contributed by atoms with Crippen LogP contribution in [0.2, 0.25) is 0 Å². The average Bonchev–Trinajstić information content (AvgIpc) is 2.24. The zero-order valence-corrected chi connectivity index (χ0v) is 9.23. The van der Waals surface area contributed by atoms with Crippen LogP contribution in [0, 0.1) is 0 Å². The summed E-state index contributed by atoms with van der Waals surface area (Å²) in [6, 6.07) is -0.381. The number of aliphatic hydroxyl groups excluding tert-OH is 1. The van der Waals surface area contributed by atoms with Gasteiger partial charge < -0.3 is 25.6 Å². The summed E-state index contributed by atoms with van der Waals surface area (Å²) in [5.74, 6) is -1.29. The van der Waals surface area contributed by atoms with Crippen LogP contribution in [0.5, 0.6) is 0 Å². The summed E-state index contributed by atoms with van der Waals surface area (Å²) >= 11 is 0. The van der Waals surface area contributed by atoms with Crippen molar-refractivity contribution in [3.05, 3.63) is 0 Å². The molecule has 0 aromatic carbocycles. The van der Waals surface area contributed by atoms with Gasteiger partial charge in [-0.3, -0.25) is 0 Å². The van der Waals surface area contributed by atoms with Crippen LogP contribution >= 0.6 is 0 Å². The Balaban J connectivity index is 3.40. The summed E-state index contributed by atoms with van der Waals surface area (Å²) < 4.78 is 4.79. The van der Waals surface area contributed by atoms with E-state index in [0.29, 0.717) is 19.6 Å². The van der Waals surface area contributed by atoms with Crippen LogP contribution in [0.25, 0.3) is 0 Å². The molecule has 1 unspecified atom stereocenters. The summed E-state index contributed by atoms with van der Waals surface area (Å²) in [6.07, 6.45) is -0.739. The van der Waals surface area contributed by atoms with Gasteiger partial charge in [-0.25, -0.2) is 9.59 Å². The molecule has 1 atom stereocenters. The maximum atomic E-state index is 11.1. The molecular formula is C9H18N2O5. The van der Waals surface area contributed by atoms with E-state index in [1.54, 1.807) is 7.11 Å². The van der Waals surface area contributed by atoms with Crippen molar-refractivity contribution in [3.63, 3.8) is 0 Å². The number of carboxylic acids is 1. The number of aliphatic hydroxyl groups is 1. The highest BCUT2D eigenvalue weighted by Crippen LogP contribution is 1.89. The third-order valence-corrected chi connectivity index (χ3v) is 1.80. The number of ether oxygens (including phenoxy) is 1. The SMILES string of the molecule is COCCCNC(=O)NCCC(O)C(=O)O. The number of carboxylic acid groups (broad SMARTS) is 1. The average molecular weight is 234 g/mol. The normalized spacial score (nSPS) is 11.9. The summed E-state index contributed by atoms with van der Waals surface area (Å²) in [7, 11) is 1.58. The molecule has 4 N–H and O–H groups in total. The van der Waals surface area contributed by atoms with Crippen molar-refractivity contribution in [1.29, 1.82) is 0 Å². The van der Waals surface area contributed by atoms with Crippen LogP contribution in [0.1, 0.15) is 12.8 Å². The zero-order valence-electron chi connectivity index (χ0n) is 9.23. The quantitative estimate of drug-likeness (QED) is 0.409. The highest BCUT2D eigenvalue weighted by molar-refractivity contribution is 5.74. The van der Waals surface area contributed by atoms with Crippen molar-refractivity contribution < 1.29 is 24.5 Å². The van der Waals surface area contributed by atoms with Crippen molar-refractivity contribution in [1.82, 2.24) is 10.6 Å². The van der Waals surface area contributed by atoms with Gasteiger partial charge in [-0.05, 0) is 6.42 Å². The number of methoxy groups -OCH3 is 1. The number of amides is 2. The number of carbonyl (C=O) groups excluding carboxylic acids is 1. The Morgan fingerprint density at radius 3 is 2.50 bits per heavy atom. The second-order valence-corrected chi connectivity index (χ2v) is 3.17. The Hall–Kier alpha value is -1.34. The molecule has 2 amide bonds. The molecule has 7 heteroatoms. The molecule has 0 saturated carbocycles. The van der Waals surface area contributed by atoms with Gasteiger partial charge in [-0.1, -0.05) is 0 Å². The van der Waals surface area contributed by atoms with Crippen molar-refractivity contribution in [2.45, 2.75) is 18.9 Å². The number of hydrogen-bond donors (Lipinski definition) is 4. The molecule has 0 fully saturated rings. The van der Waals surface area contributed by atoms with Gasteiger partial charge in [0.1, 0.15) is 0 Å². The third kappa shape index (κ3) is 8.01.